The van der Waals surface area contributed by atoms with E-state index in [9.17, 15) is 17.6 Å². The van der Waals surface area contributed by atoms with Crippen LogP contribution in [0.15, 0.2) is 59.1 Å². The topological polar surface area (TPSA) is 104 Å². The molecule has 0 unspecified atom stereocenters. The van der Waals surface area contributed by atoms with Gasteiger partial charge in [0.1, 0.15) is 17.2 Å². The number of sulfonamides is 1. The van der Waals surface area contributed by atoms with Crippen molar-refractivity contribution in [2.45, 2.75) is 38.0 Å². The fourth-order valence-corrected chi connectivity index (χ4v) is 5.62. The van der Waals surface area contributed by atoms with Crippen LogP contribution in [0.5, 0.6) is 0 Å². The molecule has 0 bridgehead atoms. The minimum atomic E-state index is -3.62. The number of hydrogen-bond donors (Lipinski definition) is 2. The van der Waals surface area contributed by atoms with Crippen LogP contribution >= 0.6 is 0 Å². The number of nitrogens with one attached hydrogen (secondary N) is 1. The van der Waals surface area contributed by atoms with Crippen molar-refractivity contribution in [3.63, 3.8) is 0 Å². The Balaban J connectivity index is 1.67. The number of carboxylic acid groups (broad SMARTS) is 1. The van der Waals surface area contributed by atoms with Crippen LogP contribution in [0, 0.1) is 5.82 Å². The molecule has 5 rings (SSSR count). The van der Waals surface area contributed by atoms with Gasteiger partial charge in [-0.3, -0.25) is 9.10 Å². The van der Waals surface area contributed by atoms with Crippen LogP contribution < -0.4 is 4.31 Å². The van der Waals surface area contributed by atoms with E-state index in [1.807, 2.05) is 24.4 Å². The van der Waals surface area contributed by atoms with Gasteiger partial charge in [-0.2, -0.15) is 0 Å². The molecule has 0 atom stereocenters. The molecule has 0 spiro atoms. The van der Waals surface area contributed by atoms with E-state index in [2.05, 4.69) is 4.98 Å². The van der Waals surface area contributed by atoms with Gasteiger partial charge in [0.15, 0.2) is 0 Å². The summed E-state index contributed by atoms with van der Waals surface area (Å²) < 4.78 is 47.0. The van der Waals surface area contributed by atoms with Crippen molar-refractivity contribution in [2.24, 2.45) is 0 Å². The fourth-order valence-electron chi connectivity index (χ4n) is 4.64. The molecular formula is C27H27FN2O5S. The molecular weight excluding hydrogens is 483 g/mol. The fraction of sp³-hybridized carbons (Fsp3) is 0.296. The van der Waals surface area contributed by atoms with Crippen molar-refractivity contribution < 1.29 is 27.1 Å². The van der Waals surface area contributed by atoms with Crippen molar-refractivity contribution in [1.29, 1.82) is 0 Å². The molecule has 1 aliphatic carbocycles. The Labute approximate surface area is 208 Å². The Hall–Kier alpha value is -3.59. The van der Waals surface area contributed by atoms with E-state index in [1.54, 1.807) is 18.2 Å². The van der Waals surface area contributed by atoms with Gasteiger partial charge in [0.05, 0.1) is 17.5 Å². The lowest BCUT2D eigenvalue weighted by atomic mass is 9.99. The third-order valence-electron chi connectivity index (χ3n) is 6.50. The number of H-pyrrole nitrogens is 1. The number of furan rings is 1. The van der Waals surface area contributed by atoms with Gasteiger partial charge in [-0.25, -0.2) is 12.8 Å². The van der Waals surface area contributed by atoms with E-state index < -0.39 is 16.0 Å². The summed E-state index contributed by atoms with van der Waals surface area (Å²) >= 11 is 0. The number of fused-ring (bicyclic) bond motifs is 1. The zero-order valence-corrected chi connectivity index (χ0v) is 20.6. The normalized spacial score (nSPS) is 13.8. The highest BCUT2D eigenvalue weighted by Gasteiger charge is 2.32. The minimum Gasteiger partial charge on any atom is -0.481 e. The van der Waals surface area contributed by atoms with E-state index in [1.165, 1.54) is 22.7 Å². The molecule has 0 amide bonds. The van der Waals surface area contributed by atoms with E-state index >= 15 is 0 Å². The summed E-state index contributed by atoms with van der Waals surface area (Å²) in [4.78, 5) is 14.1. The number of aromatic nitrogens is 1. The van der Waals surface area contributed by atoms with Crippen LogP contribution in [0.25, 0.3) is 33.6 Å². The molecule has 36 heavy (non-hydrogen) atoms. The maximum atomic E-state index is 13.6. The molecule has 2 aromatic carbocycles. The number of anilines is 1. The van der Waals surface area contributed by atoms with Gasteiger partial charge in [-0.05, 0) is 79.6 Å². The number of carbonyl (C=O) groups is 1. The van der Waals surface area contributed by atoms with E-state index in [4.69, 9.17) is 9.52 Å². The van der Waals surface area contributed by atoms with E-state index in [-0.39, 0.29) is 24.7 Å². The highest BCUT2D eigenvalue weighted by Crippen LogP contribution is 2.49. The number of unbranched alkanes of at least 4 members (excludes halogenated alkanes) is 1. The first-order valence-electron chi connectivity index (χ1n) is 11.9. The predicted molar refractivity (Wildman–Crippen MR) is 137 cm³/mol. The summed E-state index contributed by atoms with van der Waals surface area (Å²) in [7, 11) is -3.62. The number of nitrogens with zero attached hydrogens (tertiary/aromatic N) is 1. The van der Waals surface area contributed by atoms with Gasteiger partial charge in [0, 0.05) is 41.9 Å². The number of aliphatic carboxylic acids is 1. The zero-order valence-electron chi connectivity index (χ0n) is 19.8. The average Bonchev–Trinajstić information content (AvgIpc) is 3.39. The molecule has 0 aliphatic heterocycles. The van der Waals surface area contributed by atoms with Gasteiger partial charge in [-0.15, -0.1) is 0 Å². The molecule has 188 valence electrons. The smallest absolute Gasteiger partial charge is 0.303 e. The maximum Gasteiger partial charge on any atom is 0.303 e. The van der Waals surface area contributed by atoms with Crippen molar-refractivity contribution in [3.8, 4) is 22.6 Å². The minimum absolute atomic E-state index is 0.00909. The summed E-state index contributed by atoms with van der Waals surface area (Å²) in [6, 6.07) is 13.7. The first kappa shape index (κ1) is 24.1. The summed E-state index contributed by atoms with van der Waals surface area (Å²) in [5, 5.41) is 9.80. The van der Waals surface area contributed by atoms with E-state index in [0.29, 0.717) is 35.4 Å². The number of aromatic amines is 1. The standard InChI is InChI=1S/C27H27FN2O5S/c1-36(33,34)30(14-3-2-6-25(31)32)23-16-24-21(15-20(23)17-7-8-17)26(22-5-4-13-29-22)27(35-24)18-9-11-19(28)12-10-18/h4-5,9-13,15-17,29H,2-3,6-8,14H2,1H3,(H,31,32). The Morgan fingerprint density at radius 1 is 1.17 bits per heavy atom. The Morgan fingerprint density at radius 2 is 1.92 bits per heavy atom. The van der Waals surface area contributed by atoms with Crippen LogP contribution in [0.1, 0.15) is 43.6 Å². The number of benzene rings is 2. The highest BCUT2D eigenvalue weighted by molar-refractivity contribution is 7.92. The van der Waals surface area contributed by atoms with Gasteiger partial charge >= 0.3 is 5.97 Å². The van der Waals surface area contributed by atoms with Crippen LogP contribution in [0.4, 0.5) is 10.1 Å². The summed E-state index contributed by atoms with van der Waals surface area (Å²) in [5.41, 5.74) is 4.42. The Bertz CT molecular complexity index is 1500. The first-order chi connectivity index (χ1) is 17.2. The molecule has 1 aliphatic rings. The first-order valence-corrected chi connectivity index (χ1v) is 13.8. The summed E-state index contributed by atoms with van der Waals surface area (Å²) in [6.07, 6.45) is 5.72. The lowest BCUT2D eigenvalue weighted by Crippen LogP contribution is -2.31. The van der Waals surface area contributed by atoms with Crippen molar-refractivity contribution >= 4 is 32.6 Å². The monoisotopic (exact) mass is 510 g/mol. The molecule has 4 aromatic rings. The maximum absolute atomic E-state index is 13.6. The Kier molecular flexibility index (Phi) is 6.34. The predicted octanol–water partition coefficient (Wildman–Crippen LogP) is 6.13. The summed E-state index contributed by atoms with van der Waals surface area (Å²) in [5.74, 6) is -0.435. The lowest BCUT2D eigenvalue weighted by molar-refractivity contribution is -0.137. The molecule has 9 heteroatoms. The number of carboxylic acids is 1. The van der Waals surface area contributed by atoms with Crippen LogP contribution in [0.3, 0.4) is 0 Å². The molecule has 0 radical (unpaired) electrons. The quantitative estimate of drug-likeness (QED) is 0.250. The molecule has 0 saturated heterocycles. The SMILES string of the molecule is CS(=O)(=O)N(CCCCC(=O)O)c1cc2oc(-c3ccc(F)cc3)c(-c3ccc[nH]3)c2cc1C1CC1. The number of hydrogen-bond acceptors (Lipinski definition) is 4. The van der Waals surface area contributed by atoms with Gasteiger partial charge in [0.25, 0.3) is 0 Å². The Morgan fingerprint density at radius 3 is 2.53 bits per heavy atom. The zero-order chi connectivity index (χ0) is 25.4. The van der Waals surface area contributed by atoms with Crippen LogP contribution in [-0.2, 0) is 14.8 Å². The van der Waals surface area contributed by atoms with Crippen LogP contribution in [0.2, 0.25) is 0 Å². The van der Waals surface area contributed by atoms with Crippen molar-refractivity contribution in [3.05, 3.63) is 66.1 Å². The van der Waals surface area contributed by atoms with Crippen LogP contribution in [-0.4, -0.2) is 37.3 Å². The van der Waals surface area contributed by atoms with E-state index in [0.717, 1.165) is 35.0 Å². The second kappa shape index (κ2) is 9.46. The molecule has 2 N–H and O–H groups in total. The molecule has 1 fully saturated rings. The third-order valence-corrected chi connectivity index (χ3v) is 7.68. The second-order valence-electron chi connectivity index (χ2n) is 9.26. The molecule has 7 nitrogen and oxygen atoms in total. The largest absolute Gasteiger partial charge is 0.481 e. The summed E-state index contributed by atoms with van der Waals surface area (Å²) in [6.45, 7) is 0.187. The lowest BCUT2D eigenvalue weighted by Gasteiger charge is -2.25. The second-order valence-corrected chi connectivity index (χ2v) is 11.2. The van der Waals surface area contributed by atoms with Crippen molar-refractivity contribution in [1.82, 2.24) is 4.98 Å². The van der Waals surface area contributed by atoms with Crippen molar-refractivity contribution in [2.75, 3.05) is 17.1 Å². The number of halogens is 1. The molecule has 2 aromatic heterocycles. The molecule has 2 heterocycles. The highest BCUT2D eigenvalue weighted by atomic mass is 32.2. The third kappa shape index (κ3) is 4.88. The number of rotatable bonds is 10. The van der Waals surface area contributed by atoms with Gasteiger partial charge < -0.3 is 14.5 Å². The average molecular weight is 511 g/mol. The van der Waals surface area contributed by atoms with Gasteiger partial charge in [0.2, 0.25) is 10.0 Å². The molecule has 1 saturated carbocycles. The van der Waals surface area contributed by atoms with Gasteiger partial charge in [-0.1, -0.05) is 0 Å².